The van der Waals surface area contributed by atoms with Gasteiger partial charge in [-0.05, 0) is 42.5 Å². The maximum absolute atomic E-state index is 11.4. The van der Waals surface area contributed by atoms with Gasteiger partial charge in [-0.3, -0.25) is 9.78 Å². The number of ether oxygens (including phenoxy) is 2. The Bertz CT molecular complexity index is 1430. The first-order valence-electron chi connectivity index (χ1n) is 9.29. The summed E-state index contributed by atoms with van der Waals surface area (Å²) < 4.78 is 12.9. The van der Waals surface area contributed by atoms with Gasteiger partial charge in [-0.25, -0.2) is 0 Å². The lowest BCUT2D eigenvalue weighted by atomic mass is 10.2. The summed E-state index contributed by atoms with van der Waals surface area (Å²) in [7, 11) is 1.62. The molecule has 0 aliphatic rings. The van der Waals surface area contributed by atoms with Gasteiger partial charge in [0.1, 0.15) is 23.8 Å². The zero-order valence-corrected chi connectivity index (χ0v) is 17.2. The Balaban J connectivity index is 1.44. The maximum atomic E-state index is 11.4. The molecule has 0 spiro atoms. The number of carbonyl (C=O) groups excluding carboxylic acids is 1. The Hall–Kier alpha value is -4.05. The smallest absolute Gasteiger partial charge is 0.258 e. The van der Waals surface area contributed by atoms with Gasteiger partial charge in [0, 0.05) is 17.6 Å². The van der Waals surface area contributed by atoms with Crippen molar-refractivity contribution in [2.45, 2.75) is 6.61 Å². The van der Waals surface area contributed by atoms with Crippen molar-refractivity contribution in [1.29, 1.82) is 0 Å². The highest BCUT2D eigenvalue weighted by atomic mass is 32.1. The molecule has 10 heteroatoms. The average Bonchev–Trinajstić information content (AvgIpc) is 3.44. The zero-order chi connectivity index (χ0) is 21.4. The number of nitrogens with zero attached hydrogens (tertiary/aromatic N) is 5. The van der Waals surface area contributed by atoms with Crippen molar-refractivity contribution in [3.8, 4) is 22.1 Å². The van der Waals surface area contributed by atoms with Gasteiger partial charge in [-0.15, -0.1) is 21.5 Å². The molecule has 0 atom stereocenters. The second-order valence-electron chi connectivity index (χ2n) is 6.61. The zero-order valence-electron chi connectivity index (χ0n) is 16.3. The van der Waals surface area contributed by atoms with E-state index >= 15 is 0 Å². The van der Waals surface area contributed by atoms with E-state index in [1.165, 1.54) is 11.3 Å². The van der Waals surface area contributed by atoms with Crippen LogP contribution >= 0.6 is 11.3 Å². The Labute approximate surface area is 180 Å². The first kappa shape index (κ1) is 18.9. The highest BCUT2D eigenvalue weighted by molar-refractivity contribution is 7.17. The van der Waals surface area contributed by atoms with E-state index in [0.717, 1.165) is 21.5 Å². The number of thiophene rings is 1. The van der Waals surface area contributed by atoms with Gasteiger partial charge in [-0.2, -0.15) is 9.61 Å². The Morgan fingerprint density at radius 3 is 2.84 bits per heavy atom. The molecule has 0 aliphatic carbocycles. The van der Waals surface area contributed by atoms with E-state index in [2.05, 4.69) is 20.3 Å². The first-order chi connectivity index (χ1) is 15.1. The van der Waals surface area contributed by atoms with Gasteiger partial charge in [0.25, 0.3) is 5.91 Å². The summed E-state index contributed by atoms with van der Waals surface area (Å²) in [6, 6.07) is 14.6. The van der Waals surface area contributed by atoms with E-state index < -0.39 is 5.91 Å². The van der Waals surface area contributed by atoms with Crippen LogP contribution in [0.2, 0.25) is 0 Å². The van der Waals surface area contributed by atoms with Crippen LogP contribution in [0.4, 0.5) is 0 Å². The molecule has 5 rings (SSSR count). The fourth-order valence-corrected chi connectivity index (χ4v) is 3.98. The van der Waals surface area contributed by atoms with Gasteiger partial charge in [0.15, 0.2) is 11.5 Å². The van der Waals surface area contributed by atoms with Crippen LogP contribution < -0.4 is 15.2 Å². The van der Waals surface area contributed by atoms with Crippen LogP contribution in [-0.4, -0.2) is 37.8 Å². The largest absolute Gasteiger partial charge is 0.497 e. The van der Waals surface area contributed by atoms with Crippen molar-refractivity contribution in [2.75, 3.05) is 7.11 Å². The average molecular weight is 432 g/mol. The lowest BCUT2D eigenvalue weighted by Gasteiger charge is -2.09. The minimum Gasteiger partial charge on any atom is -0.497 e. The molecule has 1 amide bonds. The minimum atomic E-state index is -0.460. The second kappa shape index (κ2) is 7.65. The summed E-state index contributed by atoms with van der Waals surface area (Å²) in [5, 5.41) is 13.8. The fourth-order valence-electron chi connectivity index (χ4n) is 3.16. The summed E-state index contributed by atoms with van der Waals surface area (Å²) in [4.78, 5) is 17.0. The highest BCUT2D eigenvalue weighted by Crippen LogP contribution is 2.28. The van der Waals surface area contributed by atoms with Crippen LogP contribution in [0.25, 0.3) is 27.1 Å². The third-order valence-corrected chi connectivity index (χ3v) is 5.82. The Morgan fingerprint density at radius 2 is 2.03 bits per heavy atom. The predicted molar refractivity (Wildman–Crippen MR) is 115 cm³/mol. The SMILES string of the molecule is COc1ccc2c(OCc3nnc4ccc(-c5ccc(C(N)=O)s5)nn34)ccnc2c1. The molecule has 9 nitrogen and oxygen atoms in total. The quantitative estimate of drug-likeness (QED) is 0.438. The number of pyridine rings is 1. The predicted octanol–water partition coefficient (Wildman–Crippen LogP) is 3.09. The third-order valence-electron chi connectivity index (χ3n) is 4.70. The summed E-state index contributed by atoms with van der Waals surface area (Å²) >= 11 is 1.29. The number of rotatable bonds is 6. The standard InChI is InChI=1S/C21H16N6O3S/c1-29-12-2-3-13-15(10-12)23-9-8-16(13)30-11-20-25-24-19-7-4-14(26-27(19)20)17-5-6-18(31-17)21(22)28/h2-10H,11H2,1H3,(H2,22,28). The van der Waals surface area contributed by atoms with Crippen LogP contribution in [0.1, 0.15) is 15.5 Å². The van der Waals surface area contributed by atoms with Gasteiger partial charge < -0.3 is 15.2 Å². The topological polar surface area (TPSA) is 118 Å². The number of nitrogens with two attached hydrogens (primary N) is 1. The van der Waals surface area contributed by atoms with E-state index in [9.17, 15) is 4.79 Å². The van der Waals surface area contributed by atoms with E-state index in [0.29, 0.717) is 27.8 Å². The summed E-state index contributed by atoms with van der Waals surface area (Å²) in [5.41, 5.74) is 7.40. The number of hydrogen-bond donors (Lipinski definition) is 1. The molecule has 0 fully saturated rings. The molecule has 1 aromatic carbocycles. The number of carbonyl (C=O) groups is 1. The van der Waals surface area contributed by atoms with Crippen molar-refractivity contribution in [3.05, 3.63) is 65.4 Å². The van der Waals surface area contributed by atoms with E-state index in [1.54, 1.807) is 30.0 Å². The number of methoxy groups -OCH3 is 1. The molecule has 0 saturated carbocycles. The maximum Gasteiger partial charge on any atom is 0.258 e. The number of hydrogen-bond acceptors (Lipinski definition) is 8. The van der Waals surface area contributed by atoms with Crippen molar-refractivity contribution >= 4 is 33.8 Å². The van der Waals surface area contributed by atoms with Crippen LogP contribution in [0.3, 0.4) is 0 Å². The second-order valence-corrected chi connectivity index (χ2v) is 7.70. The number of amides is 1. The van der Waals surface area contributed by atoms with E-state index in [1.807, 2.05) is 36.4 Å². The molecule has 154 valence electrons. The molecule has 0 unspecified atom stereocenters. The molecular formula is C21H16N6O3S. The molecule has 2 N–H and O–H groups in total. The molecule has 4 aromatic heterocycles. The van der Waals surface area contributed by atoms with Crippen LogP contribution in [0.5, 0.6) is 11.5 Å². The van der Waals surface area contributed by atoms with Gasteiger partial charge in [0.2, 0.25) is 0 Å². The number of primary amides is 1. The lowest BCUT2D eigenvalue weighted by molar-refractivity contribution is 0.100. The molecule has 5 aromatic rings. The Kier molecular flexibility index (Phi) is 4.68. The molecule has 0 aliphatic heterocycles. The number of benzene rings is 1. The van der Waals surface area contributed by atoms with Crippen molar-refractivity contribution in [3.63, 3.8) is 0 Å². The van der Waals surface area contributed by atoms with Gasteiger partial charge in [0.05, 0.1) is 22.4 Å². The molecule has 0 bridgehead atoms. The third kappa shape index (κ3) is 3.53. The van der Waals surface area contributed by atoms with Crippen molar-refractivity contribution in [1.82, 2.24) is 24.8 Å². The Morgan fingerprint density at radius 1 is 1.13 bits per heavy atom. The molecular weight excluding hydrogens is 416 g/mol. The fraction of sp³-hybridized carbons (Fsp3) is 0.0952. The van der Waals surface area contributed by atoms with Crippen LogP contribution in [0, 0.1) is 0 Å². The van der Waals surface area contributed by atoms with Gasteiger partial charge in [-0.1, -0.05) is 0 Å². The van der Waals surface area contributed by atoms with Crippen LogP contribution in [0.15, 0.2) is 54.7 Å². The molecule has 4 heterocycles. The first-order valence-corrected chi connectivity index (χ1v) is 10.1. The summed E-state index contributed by atoms with van der Waals surface area (Å²) in [6.07, 6.45) is 1.68. The summed E-state index contributed by atoms with van der Waals surface area (Å²) in [6.45, 7) is 0.166. The van der Waals surface area contributed by atoms with E-state index in [-0.39, 0.29) is 6.61 Å². The monoisotopic (exact) mass is 432 g/mol. The van der Waals surface area contributed by atoms with Gasteiger partial charge >= 0.3 is 0 Å². The number of aromatic nitrogens is 5. The minimum absolute atomic E-state index is 0.166. The summed E-state index contributed by atoms with van der Waals surface area (Å²) in [5.74, 6) is 1.48. The van der Waals surface area contributed by atoms with Crippen LogP contribution in [-0.2, 0) is 6.61 Å². The molecule has 31 heavy (non-hydrogen) atoms. The van der Waals surface area contributed by atoms with Crippen molar-refractivity contribution in [2.24, 2.45) is 5.73 Å². The lowest BCUT2D eigenvalue weighted by Crippen LogP contribution is -2.08. The van der Waals surface area contributed by atoms with Crippen molar-refractivity contribution < 1.29 is 14.3 Å². The normalized spacial score (nSPS) is 11.1. The van der Waals surface area contributed by atoms with E-state index in [4.69, 9.17) is 15.2 Å². The number of fused-ring (bicyclic) bond motifs is 2. The molecule has 0 saturated heterocycles. The molecule has 0 radical (unpaired) electrons. The highest BCUT2D eigenvalue weighted by Gasteiger charge is 2.13.